The zero-order valence-electron chi connectivity index (χ0n) is 9.23. The van der Waals surface area contributed by atoms with Gasteiger partial charge in [-0.25, -0.2) is 8.42 Å². The summed E-state index contributed by atoms with van der Waals surface area (Å²) in [4.78, 5) is 0. The van der Waals surface area contributed by atoms with Crippen molar-refractivity contribution in [3.63, 3.8) is 0 Å². The van der Waals surface area contributed by atoms with Crippen molar-refractivity contribution >= 4 is 9.84 Å². The summed E-state index contributed by atoms with van der Waals surface area (Å²) in [5.41, 5.74) is 0. The second-order valence-corrected chi connectivity index (χ2v) is 6.19. The lowest BCUT2D eigenvalue weighted by Crippen LogP contribution is -2.45. The molecule has 2 atom stereocenters. The summed E-state index contributed by atoms with van der Waals surface area (Å²) in [6.45, 7) is 4.32. The first kappa shape index (κ1) is 12.9. The van der Waals surface area contributed by atoms with Crippen molar-refractivity contribution in [3.8, 4) is 0 Å². The number of hydrogen-bond donors (Lipinski definition) is 1. The molecule has 15 heavy (non-hydrogen) atoms. The summed E-state index contributed by atoms with van der Waals surface area (Å²) < 4.78 is 32.5. The van der Waals surface area contributed by atoms with Crippen LogP contribution in [-0.2, 0) is 19.3 Å². The standard InChI is InChI=1S/C9H19NO4S/c1-8-5-10-6-9(14-8)7-13-3-4-15(2,11)12/h8-10H,3-7H2,1-2H3. The Bertz CT molecular complexity index is 278. The molecule has 1 aliphatic rings. The van der Waals surface area contributed by atoms with E-state index in [2.05, 4.69) is 5.32 Å². The molecule has 0 aromatic rings. The van der Waals surface area contributed by atoms with Crippen LogP contribution < -0.4 is 5.32 Å². The molecule has 1 rings (SSSR count). The monoisotopic (exact) mass is 237 g/mol. The molecule has 0 saturated carbocycles. The fraction of sp³-hybridized carbons (Fsp3) is 1.00. The Kier molecular flexibility index (Phi) is 4.98. The van der Waals surface area contributed by atoms with Crippen LogP contribution in [0, 0.1) is 0 Å². The van der Waals surface area contributed by atoms with Gasteiger partial charge in [0.1, 0.15) is 9.84 Å². The van der Waals surface area contributed by atoms with E-state index in [4.69, 9.17) is 9.47 Å². The molecular weight excluding hydrogens is 218 g/mol. The van der Waals surface area contributed by atoms with E-state index in [1.54, 1.807) is 0 Å². The third-order valence-corrected chi connectivity index (χ3v) is 3.04. The SMILES string of the molecule is CC1CNCC(COCCS(C)(=O)=O)O1. The molecule has 1 saturated heterocycles. The largest absolute Gasteiger partial charge is 0.378 e. The van der Waals surface area contributed by atoms with Crippen molar-refractivity contribution in [2.24, 2.45) is 0 Å². The molecule has 90 valence electrons. The van der Waals surface area contributed by atoms with E-state index in [0.717, 1.165) is 13.1 Å². The van der Waals surface area contributed by atoms with Crippen molar-refractivity contribution in [3.05, 3.63) is 0 Å². The van der Waals surface area contributed by atoms with Gasteiger partial charge in [0.05, 0.1) is 31.2 Å². The quantitative estimate of drug-likeness (QED) is 0.648. The van der Waals surface area contributed by atoms with E-state index >= 15 is 0 Å². The van der Waals surface area contributed by atoms with Crippen molar-refractivity contribution < 1.29 is 17.9 Å². The lowest BCUT2D eigenvalue weighted by atomic mass is 10.2. The zero-order valence-corrected chi connectivity index (χ0v) is 10.0. The first-order valence-electron chi connectivity index (χ1n) is 5.09. The van der Waals surface area contributed by atoms with Gasteiger partial charge in [0.2, 0.25) is 0 Å². The van der Waals surface area contributed by atoms with Crippen LogP contribution in [0.5, 0.6) is 0 Å². The summed E-state index contributed by atoms with van der Waals surface area (Å²) >= 11 is 0. The van der Waals surface area contributed by atoms with E-state index in [9.17, 15) is 8.42 Å². The van der Waals surface area contributed by atoms with E-state index in [1.165, 1.54) is 6.26 Å². The Morgan fingerprint density at radius 3 is 2.80 bits per heavy atom. The molecule has 0 spiro atoms. The first-order chi connectivity index (χ1) is 6.97. The fourth-order valence-electron chi connectivity index (χ4n) is 1.40. The van der Waals surface area contributed by atoms with Crippen LogP contribution in [0.2, 0.25) is 0 Å². The second-order valence-electron chi connectivity index (χ2n) is 3.93. The van der Waals surface area contributed by atoms with Gasteiger partial charge in [-0.15, -0.1) is 0 Å². The molecule has 1 aliphatic heterocycles. The summed E-state index contributed by atoms with van der Waals surface area (Å²) in [6.07, 6.45) is 1.44. The molecule has 1 fully saturated rings. The van der Waals surface area contributed by atoms with Crippen LogP contribution in [0.4, 0.5) is 0 Å². The first-order valence-corrected chi connectivity index (χ1v) is 7.15. The number of hydrogen-bond acceptors (Lipinski definition) is 5. The fourth-order valence-corrected chi connectivity index (χ4v) is 1.82. The van der Waals surface area contributed by atoms with E-state index in [1.807, 2.05) is 6.92 Å². The van der Waals surface area contributed by atoms with Crippen molar-refractivity contribution in [1.82, 2.24) is 5.32 Å². The molecule has 0 aromatic carbocycles. The highest BCUT2D eigenvalue weighted by Gasteiger charge is 2.18. The van der Waals surface area contributed by atoms with Crippen molar-refractivity contribution in [2.75, 3.05) is 38.3 Å². The number of nitrogens with one attached hydrogen (secondary N) is 1. The van der Waals surface area contributed by atoms with Gasteiger partial charge in [-0.1, -0.05) is 0 Å². The summed E-state index contributed by atoms with van der Waals surface area (Å²) in [5, 5.41) is 3.22. The molecule has 2 unspecified atom stereocenters. The topological polar surface area (TPSA) is 64.6 Å². The van der Waals surface area contributed by atoms with Gasteiger partial charge < -0.3 is 14.8 Å². The average molecular weight is 237 g/mol. The predicted molar refractivity (Wildman–Crippen MR) is 57.7 cm³/mol. The zero-order chi connectivity index (χ0) is 11.3. The molecule has 0 amide bonds. The molecule has 0 bridgehead atoms. The highest BCUT2D eigenvalue weighted by molar-refractivity contribution is 7.90. The maximum atomic E-state index is 10.8. The molecule has 0 aromatic heterocycles. The van der Waals surface area contributed by atoms with E-state index in [0.29, 0.717) is 6.61 Å². The van der Waals surface area contributed by atoms with Crippen LogP contribution in [0.25, 0.3) is 0 Å². The van der Waals surface area contributed by atoms with E-state index in [-0.39, 0.29) is 24.6 Å². The molecule has 0 aliphatic carbocycles. The lowest BCUT2D eigenvalue weighted by molar-refractivity contribution is -0.0665. The summed E-state index contributed by atoms with van der Waals surface area (Å²) in [7, 11) is -2.92. The maximum absolute atomic E-state index is 10.8. The minimum Gasteiger partial charge on any atom is -0.378 e. The highest BCUT2D eigenvalue weighted by Crippen LogP contribution is 2.03. The van der Waals surface area contributed by atoms with E-state index < -0.39 is 9.84 Å². The Morgan fingerprint density at radius 1 is 1.47 bits per heavy atom. The third kappa shape index (κ3) is 6.09. The molecule has 0 radical (unpaired) electrons. The van der Waals surface area contributed by atoms with Gasteiger partial charge in [0, 0.05) is 19.3 Å². The minimum absolute atomic E-state index is 0.0355. The van der Waals surface area contributed by atoms with Crippen molar-refractivity contribution in [1.29, 1.82) is 0 Å². The van der Waals surface area contributed by atoms with Gasteiger partial charge in [0.25, 0.3) is 0 Å². The molecular formula is C9H19NO4S. The summed E-state index contributed by atoms with van der Waals surface area (Å²) in [5.74, 6) is 0.0721. The third-order valence-electron chi connectivity index (χ3n) is 2.13. The van der Waals surface area contributed by atoms with Crippen LogP contribution >= 0.6 is 0 Å². The van der Waals surface area contributed by atoms with Gasteiger partial charge in [0.15, 0.2) is 0 Å². The number of sulfone groups is 1. The maximum Gasteiger partial charge on any atom is 0.149 e. The lowest BCUT2D eigenvalue weighted by Gasteiger charge is -2.28. The Hall–Kier alpha value is -0.170. The Morgan fingerprint density at radius 2 is 2.20 bits per heavy atom. The molecule has 6 heteroatoms. The predicted octanol–water partition coefficient (Wildman–Crippen LogP) is -0.575. The van der Waals surface area contributed by atoms with Gasteiger partial charge >= 0.3 is 0 Å². The molecule has 5 nitrogen and oxygen atoms in total. The molecule has 1 heterocycles. The Balaban J connectivity index is 2.09. The number of ether oxygens (including phenoxy) is 2. The highest BCUT2D eigenvalue weighted by atomic mass is 32.2. The Labute approximate surface area is 91.1 Å². The van der Waals surface area contributed by atoms with Crippen LogP contribution in [-0.4, -0.2) is 58.9 Å². The van der Waals surface area contributed by atoms with Crippen molar-refractivity contribution in [2.45, 2.75) is 19.1 Å². The second kappa shape index (κ2) is 5.79. The van der Waals surface area contributed by atoms with Crippen LogP contribution in [0.1, 0.15) is 6.92 Å². The average Bonchev–Trinajstić information content (AvgIpc) is 2.11. The molecule has 1 N–H and O–H groups in total. The minimum atomic E-state index is -2.92. The number of morpholine rings is 1. The van der Waals surface area contributed by atoms with Crippen LogP contribution in [0.3, 0.4) is 0 Å². The smallest absolute Gasteiger partial charge is 0.149 e. The van der Waals surface area contributed by atoms with Gasteiger partial charge in [-0.2, -0.15) is 0 Å². The number of rotatable bonds is 5. The van der Waals surface area contributed by atoms with Gasteiger partial charge in [-0.3, -0.25) is 0 Å². The summed E-state index contributed by atoms with van der Waals surface area (Å²) in [6, 6.07) is 0. The van der Waals surface area contributed by atoms with Gasteiger partial charge in [-0.05, 0) is 6.92 Å². The normalized spacial score (nSPS) is 27.9. The van der Waals surface area contributed by atoms with Crippen LogP contribution in [0.15, 0.2) is 0 Å².